The van der Waals surface area contributed by atoms with E-state index < -0.39 is 0 Å². The van der Waals surface area contributed by atoms with Crippen LogP contribution >= 0.6 is 11.6 Å². The lowest BCUT2D eigenvalue weighted by molar-refractivity contribution is -0.137. The van der Waals surface area contributed by atoms with E-state index in [-0.39, 0.29) is 23.5 Å². The molecule has 1 saturated heterocycles. The van der Waals surface area contributed by atoms with Gasteiger partial charge in [0.15, 0.2) is 0 Å². The predicted octanol–water partition coefficient (Wildman–Crippen LogP) is 3.35. The van der Waals surface area contributed by atoms with Gasteiger partial charge in [-0.3, -0.25) is 4.79 Å². The van der Waals surface area contributed by atoms with E-state index in [4.69, 9.17) is 21.1 Å². The number of rotatable bonds is 5. The number of carbonyl (C=O) groups excluding carboxylic acids is 1. The van der Waals surface area contributed by atoms with Crippen molar-refractivity contribution in [1.29, 1.82) is 0 Å². The molecule has 1 amide bonds. The first-order chi connectivity index (χ1) is 10.5. The molecule has 4 nitrogen and oxygen atoms in total. The van der Waals surface area contributed by atoms with Crippen LogP contribution in [0.5, 0.6) is 0 Å². The minimum atomic E-state index is -0.356. The molecule has 0 bridgehead atoms. The summed E-state index contributed by atoms with van der Waals surface area (Å²) < 4.78 is 10.9. The van der Waals surface area contributed by atoms with Crippen LogP contribution in [0, 0.1) is 5.41 Å². The number of ether oxygens (including phenoxy) is 2. The minimum absolute atomic E-state index is 0.0688. The molecule has 0 spiro atoms. The van der Waals surface area contributed by atoms with E-state index in [0.717, 1.165) is 18.4 Å². The van der Waals surface area contributed by atoms with Gasteiger partial charge in [0.2, 0.25) is 5.91 Å². The van der Waals surface area contributed by atoms with Crippen LogP contribution in [-0.4, -0.2) is 32.3 Å². The van der Waals surface area contributed by atoms with Crippen molar-refractivity contribution in [2.75, 3.05) is 20.3 Å². The second-order valence-corrected chi connectivity index (χ2v) is 6.58. The van der Waals surface area contributed by atoms with Gasteiger partial charge in [-0.15, -0.1) is 0 Å². The maximum atomic E-state index is 12.6. The largest absolute Gasteiger partial charge is 0.381 e. The predicted molar refractivity (Wildman–Crippen MR) is 87.0 cm³/mol. The van der Waals surface area contributed by atoms with Gasteiger partial charge in [0, 0.05) is 25.3 Å². The summed E-state index contributed by atoms with van der Waals surface area (Å²) in [6.07, 6.45) is 1.30. The van der Waals surface area contributed by atoms with Crippen molar-refractivity contribution >= 4 is 17.5 Å². The molecule has 1 fully saturated rings. The van der Waals surface area contributed by atoms with Crippen LogP contribution in [0.2, 0.25) is 5.02 Å². The Morgan fingerprint density at radius 3 is 2.45 bits per heavy atom. The Kier molecular flexibility index (Phi) is 5.84. The molecule has 2 rings (SSSR count). The fourth-order valence-electron chi connectivity index (χ4n) is 2.79. The highest BCUT2D eigenvalue weighted by Crippen LogP contribution is 2.31. The van der Waals surface area contributed by atoms with Gasteiger partial charge in [-0.25, -0.2) is 0 Å². The van der Waals surface area contributed by atoms with Gasteiger partial charge >= 0.3 is 0 Å². The van der Waals surface area contributed by atoms with E-state index in [0.29, 0.717) is 18.2 Å². The van der Waals surface area contributed by atoms with Crippen LogP contribution in [0.4, 0.5) is 0 Å². The highest BCUT2D eigenvalue weighted by molar-refractivity contribution is 6.30. The molecule has 5 heteroatoms. The first kappa shape index (κ1) is 17.3. The number of methoxy groups -OCH3 is 1. The average molecular weight is 326 g/mol. The molecule has 2 atom stereocenters. The fourth-order valence-corrected chi connectivity index (χ4v) is 2.91. The minimum Gasteiger partial charge on any atom is -0.381 e. The number of carbonyl (C=O) groups is 1. The van der Waals surface area contributed by atoms with Gasteiger partial charge < -0.3 is 14.8 Å². The molecule has 0 radical (unpaired) electrons. The van der Waals surface area contributed by atoms with Gasteiger partial charge in [-0.2, -0.15) is 0 Å². The standard InChI is InChI=1S/C17H24ClNO3/c1-12(15(21-3)13-4-6-14(18)7-5-13)19-16(20)17(2)8-10-22-11-9-17/h4-7,12,15H,8-11H2,1-3H3,(H,19,20)/t12-,15-/m1/s1. The Bertz CT molecular complexity index is 497. The number of benzene rings is 1. The van der Waals surface area contributed by atoms with Crippen LogP contribution in [0.15, 0.2) is 24.3 Å². The van der Waals surface area contributed by atoms with Crippen molar-refractivity contribution in [3.05, 3.63) is 34.9 Å². The van der Waals surface area contributed by atoms with Crippen molar-refractivity contribution in [2.24, 2.45) is 5.41 Å². The molecule has 1 aromatic rings. The summed E-state index contributed by atoms with van der Waals surface area (Å²) >= 11 is 5.92. The first-order valence-electron chi connectivity index (χ1n) is 7.63. The topological polar surface area (TPSA) is 47.6 Å². The first-order valence-corrected chi connectivity index (χ1v) is 8.01. The lowest BCUT2D eigenvalue weighted by Gasteiger charge is -2.34. The molecule has 0 aliphatic carbocycles. The second-order valence-electron chi connectivity index (χ2n) is 6.14. The third-order valence-electron chi connectivity index (χ3n) is 4.41. The molecule has 1 aliphatic rings. The highest BCUT2D eigenvalue weighted by Gasteiger charge is 2.36. The molecule has 122 valence electrons. The monoisotopic (exact) mass is 325 g/mol. The third-order valence-corrected chi connectivity index (χ3v) is 4.66. The lowest BCUT2D eigenvalue weighted by Crippen LogP contribution is -2.47. The quantitative estimate of drug-likeness (QED) is 0.903. The molecule has 22 heavy (non-hydrogen) atoms. The van der Waals surface area contributed by atoms with E-state index in [9.17, 15) is 4.79 Å². The number of amides is 1. The number of hydrogen-bond acceptors (Lipinski definition) is 3. The zero-order valence-electron chi connectivity index (χ0n) is 13.4. The van der Waals surface area contributed by atoms with Gasteiger partial charge in [0.25, 0.3) is 0 Å². The molecule has 1 aromatic carbocycles. The van der Waals surface area contributed by atoms with Crippen molar-refractivity contribution < 1.29 is 14.3 Å². The fraction of sp³-hybridized carbons (Fsp3) is 0.588. The van der Waals surface area contributed by atoms with Crippen molar-refractivity contribution in [2.45, 2.75) is 38.8 Å². The van der Waals surface area contributed by atoms with Crippen LogP contribution in [0.25, 0.3) is 0 Å². The Morgan fingerprint density at radius 2 is 1.91 bits per heavy atom. The third kappa shape index (κ3) is 4.00. The molecule has 0 unspecified atom stereocenters. The van der Waals surface area contributed by atoms with Crippen LogP contribution in [0.1, 0.15) is 38.4 Å². The Hall–Kier alpha value is -1.10. The normalized spacial score (nSPS) is 20.2. The van der Waals surface area contributed by atoms with E-state index in [1.165, 1.54) is 0 Å². The maximum Gasteiger partial charge on any atom is 0.226 e. The summed E-state index contributed by atoms with van der Waals surface area (Å²) in [7, 11) is 1.65. The number of nitrogens with one attached hydrogen (secondary N) is 1. The Morgan fingerprint density at radius 1 is 1.32 bits per heavy atom. The van der Waals surface area contributed by atoms with Gasteiger partial charge in [0.05, 0.1) is 11.5 Å². The Labute approximate surface area is 137 Å². The molecular formula is C17H24ClNO3. The van der Waals surface area contributed by atoms with E-state index in [2.05, 4.69) is 5.32 Å². The van der Waals surface area contributed by atoms with Crippen LogP contribution < -0.4 is 5.32 Å². The summed E-state index contributed by atoms with van der Waals surface area (Å²) in [4.78, 5) is 12.6. The van der Waals surface area contributed by atoms with Gasteiger partial charge in [-0.05, 0) is 37.5 Å². The SMILES string of the molecule is CO[C@@H](c1ccc(Cl)cc1)[C@@H](C)NC(=O)C1(C)CCOCC1. The smallest absolute Gasteiger partial charge is 0.226 e. The molecule has 1 aliphatic heterocycles. The van der Waals surface area contributed by atoms with E-state index in [1.807, 2.05) is 38.1 Å². The molecule has 0 saturated carbocycles. The molecule has 1 N–H and O–H groups in total. The summed E-state index contributed by atoms with van der Waals surface area (Å²) in [5, 5.41) is 3.79. The average Bonchev–Trinajstić information content (AvgIpc) is 2.50. The molecule has 1 heterocycles. The summed E-state index contributed by atoms with van der Waals surface area (Å²) in [6, 6.07) is 7.39. The molecule has 0 aromatic heterocycles. The molecular weight excluding hydrogens is 302 g/mol. The van der Waals surface area contributed by atoms with Crippen LogP contribution in [0.3, 0.4) is 0 Å². The van der Waals surface area contributed by atoms with Gasteiger partial charge in [-0.1, -0.05) is 30.7 Å². The van der Waals surface area contributed by atoms with E-state index >= 15 is 0 Å². The van der Waals surface area contributed by atoms with Crippen molar-refractivity contribution in [3.8, 4) is 0 Å². The summed E-state index contributed by atoms with van der Waals surface area (Å²) in [5.74, 6) is 0.0688. The lowest BCUT2D eigenvalue weighted by atomic mass is 9.81. The zero-order valence-corrected chi connectivity index (χ0v) is 14.2. The summed E-state index contributed by atoms with van der Waals surface area (Å²) in [6.45, 7) is 5.25. The second kappa shape index (κ2) is 7.44. The van der Waals surface area contributed by atoms with Gasteiger partial charge in [0.1, 0.15) is 6.10 Å². The highest BCUT2D eigenvalue weighted by atomic mass is 35.5. The van der Waals surface area contributed by atoms with Crippen LogP contribution in [-0.2, 0) is 14.3 Å². The van der Waals surface area contributed by atoms with Crippen molar-refractivity contribution in [3.63, 3.8) is 0 Å². The Balaban J connectivity index is 2.04. The zero-order chi connectivity index (χ0) is 16.2. The number of hydrogen-bond donors (Lipinski definition) is 1. The number of halogens is 1. The maximum absolute atomic E-state index is 12.6. The van der Waals surface area contributed by atoms with Crippen molar-refractivity contribution in [1.82, 2.24) is 5.32 Å². The summed E-state index contributed by atoms with van der Waals surface area (Å²) in [5.41, 5.74) is 0.641. The van der Waals surface area contributed by atoms with E-state index in [1.54, 1.807) is 7.11 Å².